The van der Waals surface area contributed by atoms with Crippen LogP contribution in [0.3, 0.4) is 0 Å². The Kier molecular flexibility index (Phi) is 4.32. The summed E-state index contributed by atoms with van der Waals surface area (Å²) in [6.07, 6.45) is 0. The largest absolute Gasteiger partial charge is 0.116 e. The van der Waals surface area contributed by atoms with Crippen molar-refractivity contribution in [3.05, 3.63) is 25.3 Å². The first kappa shape index (κ1) is 12.1. The molecule has 0 spiro atoms. The SMILES string of the molecule is IC1=CSC(=C2SC3=C(SCCS3)S2)S1. The van der Waals surface area contributed by atoms with Crippen LogP contribution in [0.2, 0.25) is 0 Å². The van der Waals surface area contributed by atoms with E-state index in [0.29, 0.717) is 0 Å². The second-order valence-electron chi connectivity index (χ2n) is 2.69. The van der Waals surface area contributed by atoms with Gasteiger partial charge in [0.05, 0.1) is 19.9 Å². The zero-order valence-corrected chi connectivity index (χ0v) is 14.4. The van der Waals surface area contributed by atoms with Crippen molar-refractivity contribution in [1.82, 2.24) is 0 Å². The third kappa shape index (κ3) is 2.73. The van der Waals surface area contributed by atoms with E-state index in [1.165, 1.54) is 22.9 Å². The fraction of sp³-hybridized carbons (Fsp3) is 0.250. The summed E-state index contributed by atoms with van der Waals surface area (Å²) in [5.41, 5.74) is 0. The molecule has 0 N–H and O–H groups in total. The summed E-state index contributed by atoms with van der Waals surface area (Å²) in [7, 11) is 0. The van der Waals surface area contributed by atoms with E-state index in [2.05, 4.69) is 28.0 Å². The van der Waals surface area contributed by atoms with Gasteiger partial charge in [-0.25, -0.2) is 0 Å². The molecule has 3 rings (SSSR count). The molecule has 0 amide bonds. The molecule has 15 heavy (non-hydrogen) atoms. The maximum atomic E-state index is 2.40. The highest BCUT2D eigenvalue weighted by molar-refractivity contribution is 14.1. The van der Waals surface area contributed by atoms with Crippen molar-refractivity contribution in [3.8, 4) is 0 Å². The number of hydrogen-bond acceptors (Lipinski definition) is 6. The summed E-state index contributed by atoms with van der Waals surface area (Å²) in [5.74, 6) is 2.55. The second kappa shape index (κ2) is 5.36. The van der Waals surface area contributed by atoms with E-state index in [-0.39, 0.29) is 0 Å². The Hall–Kier alpha value is 2.05. The van der Waals surface area contributed by atoms with Gasteiger partial charge in [-0.3, -0.25) is 0 Å². The van der Waals surface area contributed by atoms with Gasteiger partial charge in [0.1, 0.15) is 0 Å². The molecule has 0 aromatic heterocycles. The molecule has 80 valence electrons. The maximum absolute atomic E-state index is 2.40. The highest BCUT2D eigenvalue weighted by atomic mass is 127. The Morgan fingerprint density at radius 2 is 1.53 bits per heavy atom. The lowest BCUT2D eigenvalue weighted by molar-refractivity contribution is 1.56. The highest BCUT2D eigenvalue weighted by Gasteiger charge is 2.28. The molecule has 0 aromatic carbocycles. The molecule has 0 unspecified atom stereocenters. The van der Waals surface area contributed by atoms with Gasteiger partial charge >= 0.3 is 0 Å². The molecule has 0 radical (unpaired) electrons. The van der Waals surface area contributed by atoms with Crippen LogP contribution in [-0.4, -0.2) is 11.5 Å². The van der Waals surface area contributed by atoms with E-state index in [1.807, 2.05) is 70.6 Å². The molecule has 0 bridgehead atoms. The average molecular weight is 420 g/mol. The van der Waals surface area contributed by atoms with E-state index in [4.69, 9.17) is 0 Å². The number of hydrogen-bond donors (Lipinski definition) is 0. The first-order valence-corrected chi connectivity index (χ1v) is 10.5. The maximum Gasteiger partial charge on any atom is 0.0717 e. The molecule has 0 saturated heterocycles. The van der Waals surface area contributed by atoms with Crippen molar-refractivity contribution < 1.29 is 0 Å². The van der Waals surface area contributed by atoms with Crippen LogP contribution in [0.4, 0.5) is 0 Å². The van der Waals surface area contributed by atoms with Crippen LogP contribution in [0.15, 0.2) is 25.3 Å². The van der Waals surface area contributed by atoms with E-state index in [1.54, 1.807) is 8.47 Å². The molecular formula is C8H5IS6. The van der Waals surface area contributed by atoms with Crippen molar-refractivity contribution in [2.24, 2.45) is 0 Å². The van der Waals surface area contributed by atoms with Crippen LogP contribution in [0, 0.1) is 0 Å². The van der Waals surface area contributed by atoms with Gasteiger partial charge in [-0.15, -0.1) is 23.5 Å². The summed E-state index contributed by atoms with van der Waals surface area (Å²) >= 11 is 14.2. The molecule has 0 fully saturated rings. The van der Waals surface area contributed by atoms with Gasteiger partial charge in [0.15, 0.2) is 0 Å². The predicted octanol–water partition coefficient (Wildman–Crippen LogP) is 5.91. The van der Waals surface area contributed by atoms with Crippen molar-refractivity contribution in [2.75, 3.05) is 11.5 Å². The van der Waals surface area contributed by atoms with Crippen molar-refractivity contribution in [3.63, 3.8) is 0 Å². The molecule has 0 nitrogen and oxygen atoms in total. The smallest absolute Gasteiger partial charge is 0.0717 e. The fourth-order valence-electron chi connectivity index (χ4n) is 1.13. The Balaban J connectivity index is 1.79. The fourth-order valence-corrected chi connectivity index (χ4v) is 10.8. The van der Waals surface area contributed by atoms with E-state index < -0.39 is 0 Å². The molecule has 3 aliphatic rings. The van der Waals surface area contributed by atoms with Gasteiger partial charge in [0.2, 0.25) is 0 Å². The Morgan fingerprint density at radius 3 is 2.07 bits per heavy atom. The molecular weight excluding hydrogens is 415 g/mol. The van der Waals surface area contributed by atoms with Gasteiger partial charge in [-0.1, -0.05) is 47.0 Å². The molecule has 0 atom stereocenters. The lowest BCUT2D eigenvalue weighted by Crippen LogP contribution is -1.88. The number of halogens is 1. The topological polar surface area (TPSA) is 0 Å². The first-order valence-electron chi connectivity index (χ1n) is 4.13. The lowest BCUT2D eigenvalue weighted by Gasteiger charge is -2.08. The Labute approximate surface area is 128 Å². The van der Waals surface area contributed by atoms with Crippen molar-refractivity contribution in [1.29, 1.82) is 0 Å². The predicted molar refractivity (Wildman–Crippen MR) is 91.4 cm³/mol. The third-order valence-electron chi connectivity index (χ3n) is 1.70. The minimum Gasteiger partial charge on any atom is -0.116 e. The van der Waals surface area contributed by atoms with Crippen LogP contribution in [0.1, 0.15) is 0 Å². The zero-order chi connectivity index (χ0) is 10.3. The summed E-state index contributed by atoms with van der Waals surface area (Å²) in [5, 5.41) is 2.24. The van der Waals surface area contributed by atoms with Gasteiger partial charge in [-0.2, -0.15) is 0 Å². The first-order chi connectivity index (χ1) is 7.33. The quantitative estimate of drug-likeness (QED) is 0.444. The van der Waals surface area contributed by atoms with Crippen LogP contribution in [0.25, 0.3) is 0 Å². The molecule has 0 aliphatic carbocycles. The van der Waals surface area contributed by atoms with Crippen molar-refractivity contribution >= 4 is 93.2 Å². The zero-order valence-electron chi connectivity index (χ0n) is 7.32. The van der Waals surface area contributed by atoms with E-state index in [0.717, 1.165) is 0 Å². The van der Waals surface area contributed by atoms with E-state index in [9.17, 15) is 0 Å². The summed E-state index contributed by atoms with van der Waals surface area (Å²) in [6.45, 7) is 0. The molecule has 3 aliphatic heterocycles. The normalized spacial score (nSPS) is 26.1. The molecule has 3 heterocycles. The number of thioether (sulfide) groups is 6. The summed E-state index contributed by atoms with van der Waals surface area (Å²) in [6, 6.07) is 0. The van der Waals surface area contributed by atoms with Crippen LogP contribution in [0.5, 0.6) is 0 Å². The van der Waals surface area contributed by atoms with Gasteiger partial charge < -0.3 is 0 Å². The molecule has 0 aromatic rings. The Morgan fingerprint density at radius 1 is 0.867 bits per heavy atom. The van der Waals surface area contributed by atoms with E-state index >= 15 is 0 Å². The second-order valence-corrected chi connectivity index (χ2v) is 11.8. The minimum atomic E-state index is 1.27. The van der Waals surface area contributed by atoms with Crippen LogP contribution < -0.4 is 0 Å². The summed E-state index contributed by atoms with van der Waals surface area (Å²) in [4.78, 5) is 0. The van der Waals surface area contributed by atoms with Gasteiger partial charge in [0.25, 0.3) is 0 Å². The van der Waals surface area contributed by atoms with Gasteiger partial charge in [0, 0.05) is 11.5 Å². The van der Waals surface area contributed by atoms with Crippen molar-refractivity contribution in [2.45, 2.75) is 0 Å². The monoisotopic (exact) mass is 420 g/mol. The Bertz CT molecular complexity index is 376. The summed E-state index contributed by atoms with van der Waals surface area (Å²) < 4.78 is 7.46. The minimum absolute atomic E-state index is 1.27. The van der Waals surface area contributed by atoms with Gasteiger partial charge in [-0.05, 0) is 28.0 Å². The highest BCUT2D eigenvalue weighted by Crippen LogP contribution is 2.64. The standard InChI is InChI=1S/C8H5IS6/c9-4-3-12-7(13-4)8-14-5-6(15-8)11-2-1-10-5/h3H,1-2H2. The molecule has 7 heteroatoms. The average Bonchev–Trinajstić information content (AvgIpc) is 2.82. The van der Waals surface area contributed by atoms with Crippen LogP contribution >= 0.6 is 93.2 Å². The third-order valence-corrected chi connectivity index (χ3v) is 11.6. The van der Waals surface area contributed by atoms with Crippen LogP contribution in [-0.2, 0) is 0 Å². The number of rotatable bonds is 0. The lowest BCUT2D eigenvalue weighted by atomic mass is 11.0. The molecule has 0 saturated carbocycles.